The molecule has 1 saturated carbocycles. The van der Waals surface area contributed by atoms with Gasteiger partial charge in [0.25, 0.3) is 0 Å². The number of amides is 1. The molecule has 0 radical (unpaired) electrons. The Labute approximate surface area is 184 Å². The van der Waals surface area contributed by atoms with E-state index in [0.717, 1.165) is 48.3 Å². The van der Waals surface area contributed by atoms with Crippen LogP contribution in [-0.4, -0.2) is 22.1 Å². The predicted molar refractivity (Wildman–Crippen MR) is 124 cm³/mol. The SMILES string of the molecule is Cc1ccc(OCCn2c(C(C)NC(=O)C3CCCCC3)nc3ccccc32)cc1C. The van der Waals surface area contributed by atoms with Gasteiger partial charge in [-0.05, 0) is 69.0 Å². The number of carbonyl (C=O) groups excluding carboxylic acids is 1. The molecule has 5 nitrogen and oxygen atoms in total. The highest BCUT2D eigenvalue weighted by Gasteiger charge is 2.24. The van der Waals surface area contributed by atoms with E-state index in [4.69, 9.17) is 9.72 Å². The molecule has 1 fully saturated rings. The second-order valence-electron chi connectivity index (χ2n) is 8.77. The van der Waals surface area contributed by atoms with Crippen LogP contribution in [0, 0.1) is 19.8 Å². The number of ether oxygens (including phenoxy) is 1. The first-order valence-corrected chi connectivity index (χ1v) is 11.5. The molecule has 31 heavy (non-hydrogen) atoms. The second-order valence-corrected chi connectivity index (χ2v) is 8.77. The second kappa shape index (κ2) is 9.54. The Balaban J connectivity index is 1.49. The minimum atomic E-state index is -0.150. The third-order valence-electron chi connectivity index (χ3n) is 6.47. The number of nitrogens with zero attached hydrogens (tertiary/aromatic N) is 2. The minimum absolute atomic E-state index is 0.141. The summed E-state index contributed by atoms with van der Waals surface area (Å²) in [5.74, 6) is 2.07. The Morgan fingerprint density at radius 2 is 1.90 bits per heavy atom. The van der Waals surface area contributed by atoms with Crippen molar-refractivity contribution >= 4 is 16.9 Å². The Bertz CT molecular complexity index is 1050. The fourth-order valence-electron chi connectivity index (χ4n) is 4.48. The molecule has 0 saturated heterocycles. The van der Waals surface area contributed by atoms with Gasteiger partial charge >= 0.3 is 0 Å². The number of nitrogens with one attached hydrogen (secondary N) is 1. The quantitative estimate of drug-likeness (QED) is 0.551. The normalized spacial score (nSPS) is 15.7. The van der Waals surface area contributed by atoms with Crippen LogP contribution in [0.15, 0.2) is 42.5 Å². The summed E-state index contributed by atoms with van der Waals surface area (Å²) in [6, 6.07) is 14.2. The topological polar surface area (TPSA) is 56.1 Å². The smallest absolute Gasteiger partial charge is 0.223 e. The van der Waals surface area contributed by atoms with Crippen LogP contribution in [0.2, 0.25) is 0 Å². The van der Waals surface area contributed by atoms with Crippen molar-refractivity contribution in [2.75, 3.05) is 6.61 Å². The van der Waals surface area contributed by atoms with E-state index in [9.17, 15) is 4.79 Å². The molecule has 4 rings (SSSR count). The predicted octanol–water partition coefficient (Wildman–Crippen LogP) is 5.49. The molecule has 1 aliphatic rings. The number of hydrogen-bond acceptors (Lipinski definition) is 3. The zero-order valence-electron chi connectivity index (χ0n) is 18.9. The first kappa shape index (κ1) is 21.4. The number of aromatic nitrogens is 2. The van der Waals surface area contributed by atoms with Gasteiger partial charge in [-0.3, -0.25) is 4.79 Å². The summed E-state index contributed by atoms with van der Waals surface area (Å²) in [6.45, 7) is 7.44. The summed E-state index contributed by atoms with van der Waals surface area (Å²) in [5.41, 5.74) is 4.51. The van der Waals surface area contributed by atoms with Gasteiger partial charge in [-0.25, -0.2) is 4.98 Å². The average molecular weight is 420 g/mol. The van der Waals surface area contributed by atoms with Crippen LogP contribution in [-0.2, 0) is 11.3 Å². The molecule has 2 aromatic carbocycles. The van der Waals surface area contributed by atoms with Crippen molar-refractivity contribution in [3.8, 4) is 5.75 Å². The molecular formula is C26H33N3O2. The van der Waals surface area contributed by atoms with Gasteiger partial charge in [0.15, 0.2) is 0 Å². The van der Waals surface area contributed by atoms with Crippen molar-refractivity contribution in [2.45, 2.75) is 65.5 Å². The van der Waals surface area contributed by atoms with Crippen LogP contribution in [0.4, 0.5) is 0 Å². The fourth-order valence-corrected chi connectivity index (χ4v) is 4.48. The van der Waals surface area contributed by atoms with Crippen LogP contribution < -0.4 is 10.1 Å². The maximum Gasteiger partial charge on any atom is 0.223 e. The molecule has 1 heterocycles. The summed E-state index contributed by atoms with van der Waals surface area (Å²) in [4.78, 5) is 17.6. The molecule has 1 amide bonds. The molecule has 164 valence electrons. The Kier molecular flexibility index (Phi) is 6.59. The number of fused-ring (bicyclic) bond motifs is 1. The van der Waals surface area contributed by atoms with E-state index in [-0.39, 0.29) is 17.9 Å². The average Bonchev–Trinajstić information content (AvgIpc) is 3.15. The largest absolute Gasteiger partial charge is 0.492 e. The van der Waals surface area contributed by atoms with Crippen molar-refractivity contribution in [2.24, 2.45) is 5.92 Å². The van der Waals surface area contributed by atoms with E-state index >= 15 is 0 Å². The lowest BCUT2D eigenvalue weighted by Crippen LogP contribution is -2.35. The molecule has 1 N–H and O–H groups in total. The maximum absolute atomic E-state index is 12.8. The molecule has 3 aromatic rings. The standard InChI is InChI=1S/C26H33N3O2/c1-18-13-14-22(17-19(18)2)31-16-15-29-24-12-8-7-11-23(24)28-25(29)20(3)27-26(30)21-9-5-4-6-10-21/h7-8,11-14,17,20-21H,4-6,9-10,15-16H2,1-3H3,(H,27,30). The van der Waals surface area contributed by atoms with E-state index in [1.807, 2.05) is 31.2 Å². The molecule has 0 bridgehead atoms. The molecule has 5 heteroatoms. The zero-order valence-corrected chi connectivity index (χ0v) is 18.9. The number of para-hydroxylation sites is 2. The monoisotopic (exact) mass is 419 g/mol. The summed E-state index contributed by atoms with van der Waals surface area (Å²) >= 11 is 0. The molecule has 1 aromatic heterocycles. The van der Waals surface area contributed by atoms with E-state index in [0.29, 0.717) is 13.2 Å². The van der Waals surface area contributed by atoms with Gasteiger partial charge in [-0.15, -0.1) is 0 Å². The third-order valence-corrected chi connectivity index (χ3v) is 6.47. The number of aryl methyl sites for hydroxylation is 2. The Morgan fingerprint density at radius 1 is 1.13 bits per heavy atom. The number of imidazole rings is 1. The van der Waals surface area contributed by atoms with Gasteiger partial charge in [0.1, 0.15) is 18.2 Å². The van der Waals surface area contributed by atoms with E-state index in [2.05, 4.69) is 41.9 Å². The fraction of sp³-hybridized carbons (Fsp3) is 0.462. The minimum Gasteiger partial charge on any atom is -0.492 e. The van der Waals surface area contributed by atoms with Crippen LogP contribution in [0.25, 0.3) is 11.0 Å². The number of hydrogen-bond donors (Lipinski definition) is 1. The lowest BCUT2D eigenvalue weighted by atomic mass is 9.88. The van der Waals surface area contributed by atoms with Crippen LogP contribution in [0.5, 0.6) is 5.75 Å². The van der Waals surface area contributed by atoms with Crippen LogP contribution >= 0.6 is 0 Å². The molecule has 0 aliphatic heterocycles. The number of carbonyl (C=O) groups is 1. The number of rotatable bonds is 7. The van der Waals surface area contributed by atoms with Crippen molar-refractivity contribution in [3.63, 3.8) is 0 Å². The van der Waals surface area contributed by atoms with Crippen LogP contribution in [0.3, 0.4) is 0 Å². The van der Waals surface area contributed by atoms with Crippen molar-refractivity contribution in [1.82, 2.24) is 14.9 Å². The molecular weight excluding hydrogens is 386 g/mol. The highest BCUT2D eigenvalue weighted by molar-refractivity contribution is 5.80. The lowest BCUT2D eigenvalue weighted by Gasteiger charge is -2.23. The first-order valence-electron chi connectivity index (χ1n) is 11.5. The van der Waals surface area contributed by atoms with Crippen molar-refractivity contribution in [3.05, 3.63) is 59.4 Å². The molecule has 1 unspecified atom stereocenters. The van der Waals surface area contributed by atoms with Gasteiger partial charge < -0.3 is 14.6 Å². The van der Waals surface area contributed by atoms with Gasteiger partial charge in [0, 0.05) is 5.92 Å². The zero-order chi connectivity index (χ0) is 21.8. The van der Waals surface area contributed by atoms with Crippen molar-refractivity contribution < 1.29 is 9.53 Å². The Morgan fingerprint density at radius 3 is 2.68 bits per heavy atom. The first-order chi connectivity index (χ1) is 15.0. The Hall–Kier alpha value is -2.82. The van der Waals surface area contributed by atoms with Gasteiger partial charge in [-0.2, -0.15) is 0 Å². The molecule has 1 aliphatic carbocycles. The van der Waals surface area contributed by atoms with Gasteiger partial charge in [-0.1, -0.05) is 37.5 Å². The highest BCUT2D eigenvalue weighted by Crippen LogP contribution is 2.26. The third kappa shape index (κ3) is 4.92. The molecule has 0 spiro atoms. The van der Waals surface area contributed by atoms with Crippen molar-refractivity contribution in [1.29, 1.82) is 0 Å². The summed E-state index contributed by atoms with van der Waals surface area (Å²) < 4.78 is 8.22. The van der Waals surface area contributed by atoms with Gasteiger partial charge in [0.05, 0.1) is 23.6 Å². The molecule has 1 atom stereocenters. The highest BCUT2D eigenvalue weighted by atomic mass is 16.5. The maximum atomic E-state index is 12.8. The van der Waals surface area contributed by atoms with Crippen LogP contribution in [0.1, 0.15) is 62.0 Å². The lowest BCUT2D eigenvalue weighted by molar-refractivity contribution is -0.126. The van der Waals surface area contributed by atoms with E-state index in [1.54, 1.807) is 0 Å². The van der Waals surface area contributed by atoms with E-state index in [1.165, 1.54) is 17.5 Å². The number of benzene rings is 2. The van der Waals surface area contributed by atoms with E-state index < -0.39 is 0 Å². The summed E-state index contributed by atoms with van der Waals surface area (Å²) in [7, 11) is 0. The summed E-state index contributed by atoms with van der Waals surface area (Å²) in [6.07, 6.45) is 5.55. The summed E-state index contributed by atoms with van der Waals surface area (Å²) in [5, 5.41) is 3.23. The van der Waals surface area contributed by atoms with Gasteiger partial charge in [0.2, 0.25) is 5.91 Å².